The van der Waals surface area contributed by atoms with Crippen molar-refractivity contribution in [2.45, 2.75) is 47.0 Å². The predicted octanol–water partition coefficient (Wildman–Crippen LogP) is 3.68. The highest BCUT2D eigenvalue weighted by atomic mass is 14.2. The maximum atomic E-state index is 4.04. The summed E-state index contributed by atoms with van der Waals surface area (Å²) in [7, 11) is 0. The summed E-state index contributed by atoms with van der Waals surface area (Å²) in [6.45, 7) is 12.8. The molecule has 0 aliphatic rings. The van der Waals surface area contributed by atoms with Gasteiger partial charge in [-0.3, -0.25) is 0 Å². The van der Waals surface area contributed by atoms with Gasteiger partial charge in [0, 0.05) is 12.8 Å². The fourth-order valence-corrected chi connectivity index (χ4v) is 0.678. The van der Waals surface area contributed by atoms with Crippen molar-refractivity contribution in [2.75, 3.05) is 0 Å². The van der Waals surface area contributed by atoms with Crippen LogP contribution in [-0.2, 0) is 0 Å². The second kappa shape index (κ2) is 5.25. The van der Waals surface area contributed by atoms with Gasteiger partial charge in [-0.15, -0.1) is 11.8 Å². The fraction of sp³-hybridized carbons (Fsp3) is 0.750. The third kappa shape index (κ3) is 4.44. The molecule has 0 saturated heterocycles. The molecule has 0 N–H and O–H groups in total. The van der Waals surface area contributed by atoms with Crippen LogP contribution in [0.5, 0.6) is 0 Å². The number of unbranched alkanes of at least 4 members (excludes halogenated alkanes) is 1. The standard InChI is InChI=1S/C12H21/c1-6-7-8-9-10-12(4,5)11(2)3/h11H,2,6-7,10H2,1,3-5H3. The van der Waals surface area contributed by atoms with Crippen LogP contribution >= 0.6 is 0 Å². The molecule has 0 aliphatic heterocycles. The summed E-state index contributed by atoms with van der Waals surface area (Å²) in [6.07, 6.45) is 3.16. The lowest BCUT2D eigenvalue weighted by Gasteiger charge is -2.26. The Balaban J connectivity index is 3.85. The van der Waals surface area contributed by atoms with Gasteiger partial charge >= 0.3 is 0 Å². The van der Waals surface area contributed by atoms with Gasteiger partial charge in [-0.05, 0) is 24.7 Å². The van der Waals surface area contributed by atoms with Crippen LogP contribution in [0, 0.1) is 30.1 Å². The molecule has 69 valence electrons. The van der Waals surface area contributed by atoms with Crippen molar-refractivity contribution in [2.24, 2.45) is 11.3 Å². The van der Waals surface area contributed by atoms with Crippen LogP contribution in [0.3, 0.4) is 0 Å². The second-order valence-electron chi connectivity index (χ2n) is 4.17. The lowest BCUT2D eigenvalue weighted by atomic mass is 9.78. The molecule has 0 saturated carbocycles. The van der Waals surface area contributed by atoms with E-state index in [1.165, 1.54) is 0 Å². The number of rotatable bonds is 3. The molecule has 0 bridgehead atoms. The minimum Gasteiger partial charge on any atom is -0.103 e. The van der Waals surface area contributed by atoms with Crippen molar-refractivity contribution in [1.29, 1.82) is 0 Å². The molecule has 0 aromatic carbocycles. The Labute approximate surface area is 77.8 Å². The molecule has 0 amide bonds. The maximum absolute atomic E-state index is 4.04. The Morgan fingerprint density at radius 2 is 1.92 bits per heavy atom. The molecule has 0 heterocycles. The molecule has 1 radical (unpaired) electrons. The molecular formula is C12H21. The Morgan fingerprint density at radius 3 is 2.33 bits per heavy atom. The summed E-state index contributed by atoms with van der Waals surface area (Å²) in [5, 5.41) is 0. The van der Waals surface area contributed by atoms with Gasteiger partial charge < -0.3 is 0 Å². The smallest absolute Gasteiger partial charge is 0.0143 e. The van der Waals surface area contributed by atoms with E-state index in [0.29, 0.717) is 5.92 Å². The van der Waals surface area contributed by atoms with E-state index < -0.39 is 0 Å². The van der Waals surface area contributed by atoms with Gasteiger partial charge in [0.15, 0.2) is 0 Å². The molecule has 1 unspecified atom stereocenters. The summed E-state index contributed by atoms with van der Waals surface area (Å²) in [5.41, 5.74) is 0.265. The summed E-state index contributed by atoms with van der Waals surface area (Å²) < 4.78 is 0. The molecule has 0 aromatic heterocycles. The monoisotopic (exact) mass is 165 g/mol. The molecule has 0 fully saturated rings. The molecule has 0 spiro atoms. The van der Waals surface area contributed by atoms with Gasteiger partial charge in [0.1, 0.15) is 0 Å². The van der Waals surface area contributed by atoms with Crippen LogP contribution in [0.1, 0.15) is 47.0 Å². The first-order valence-corrected chi connectivity index (χ1v) is 4.79. The average molecular weight is 165 g/mol. The summed E-state index contributed by atoms with van der Waals surface area (Å²) >= 11 is 0. The SMILES string of the molecule is [CH2]C(C)C(C)(C)CC#CCCC. The van der Waals surface area contributed by atoms with E-state index in [-0.39, 0.29) is 5.41 Å². The van der Waals surface area contributed by atoms with Crippen molar-refractivity contribution in [3.63, 3.8) is 0 Å². The van der Waals surface area contributed by atoms with E-state index in [2.05, 4.69) is 46.5 Å². The Morgan fingerprint density at radius 1 is 1.33 bits per heavy atom. The zero-order chi connectivity index (χ0) is 9.61. The summed E-state index contributed by atoms with van der Waals surface area (Å²) in [5.74, 6) is 6.85. The minimum absolute atomic E-state index is 0.265. The molecule has 0 heteroatoms. The van der Waals surface area contributed by atoms with Crippen molar-refractivity contribution in [3.8, 4) is 11.8 Å². The van der Waals surface area contributed by atoms with Crippen LogP contribution in [0.4, 0.5) is 0 Å². The third-order valence-corrected chi connectivity index (χ3v) is 2.38. The lowest BCUT2D eigenvalue weighted by molar-refractivity contribution is 0.283. The predicted molar refractivity (Wildman–Crippen MR) is 55.6 cm³/mol. The maximum Gasteiger partial charge on any atom is 0.0143 e. The molecular weight excluding hydrogens is 144 g/mol. The highest BCUT2D eigenvalue weighted by molar-refractivity contribution is 5.02. The Bertz CT molecular complexity index is 164. The second-order valence-corrected chi connectivity index (χ2v) is 4.17. The fourth-order valence-electron chi connectivity index (χ4n) is 0.678. The largest absolute Gasteiger partial charge is 0.103 e. The molecule has 0 aromatic rings. The normalized spacial score (nSPS) is 11.2. The quantitative estimate of drug-likeness (QED) is 0.560. The van der Waals surface area contributed by atoms with E-state index in [0.717, 1.165) is 19.3 Å². The minimum atomic E-state index is 0.265. The highest BCUT2D eigenvalue weighted by Crippen LogP contribution is 2.28. The van der Waals surface area contributed by atoms with Gasteiger partial charge in [0.2, 0.25) is 0 Å². The van der Waals surface area contributed by atoms with Gasteiger partial charge in [-0.1, -0.05) is 27.7 Å². The van der Waals surface area contributed by atoms with Gasteiger partial charge in [0.25, 0.3) is 0 Å². The van der Waals surface area contributed by atoms with E-state index in [9.17, 15) is 0 Å². The summed E-state index contributed by atoms with van der Waals surface area (Å²) in [4.78, 5) is 0. The molecule has 12 heavy (non-hydrogen) atoms. The van der Waals surface area contributed by atoms with Gasteiger partial charge in [0.05, 0.1) is 0 Å². The average Bonchev–Trinajstić information content (AvgIpc) is 1.98. The topological polar surface area (TPSA) is 0 Å². The zero-order valence-electron chi connectivity index (χ0n) is 8.91. The van der Waals surface area contributed by atoms with Crippen LogP contribution in [0.15, 0.2) is 0 Å². The van der Waals surface area contributed by atoms with E-state index >= 15 is 0 Å². The Hall–Kier alpha value is -0.440. The first-order chi connectivity index (χ1) is 5.50. The molecule has 1 atom stereocenters. The van der Waals surface area contributed by atoms with Crippen molar-refractivity contribution >= 4 is 0 Å². The highest BCUT2D eigenvalue weighted by Gasteiger charge is 2.20. The van der Waals surface area contributed by atoms with Crippen LogP contribution in [0.2, 0.25) is 0 Å². The number of hydrogen-bond acceptors (Lipinski definition) is 0. The van der Waals surface area contributed by atoms with Crippen molar-refractivity contribution in [3.05, 3.63) is 6.92 Å². The first kappa shape index (κ1) is 11.6. The zero-order valence-corrected chi connectivity index (χ0v) is 8.91. The van der Waals surface area contributed by atoms with E-state index in [4.69, 9.17) is 0 Å². The first-order valence-electron chi connectivity index (χ1n) is 4.79. The van der Waals surface area contributed by atoms with Crippen LogP contribution in [0.25, 0.3) is 0 Å². The van der Waals surface area contributed by atoms with Gasteiger partial charge in [-0.2, -0.15) is 0 Å². The number of hydrogen-bond donors (Lipinski definition) is 0. The van der Waals surface area contributed by atoms with E-state index in [1.54, 1.807) is 0 Å². The summed E-state index contributed by atoms with van der Waals surface area (Å²) in [6, 6.07) is 0. The van der Waals surface area contributed by atoms with Crippen LogP contribution in [-0.4, -0.2) is 0 Å². The molecule has 0 aliphatic carbocycles. The van der Waals surface area contributed by atoms with Crippen molar-refractivity contribution < 1.29 is 0 Å². The van der Waals surface area contributed by atoms with Crippen molar-refractivity contribution in [1.82, 2.24) is 0 Å². The van der Waals surface area contributed by atoms with E-state index in [1.807, 2.05) is 0 Å². The lowest BCUT2D eigenvalue weighted by Crippen LogP contribution is -2.18. The third-order valence-electron chi connectivity index (χ3n) is 2.38. The Kier molecular flexibility index (Phi) is 5.06. The van der Waals surface area contributed by atoms with Crippen LogP contribution < -0.4 is 0 Å². The van der Waals surface area contributed by atoms with Gasteiger partial charge in [-0.25, -0.2) is 0 Å². The molecule has 0 rings (SSSR count). The molecule has 0 nitrogen and oxygen atoms in total.